The van der Waals surface area contributed by atoms with Crippen LogP contribution in [0.15, 0.2) is 0 Å². The topological polar surface area (TPSA) is 29.5 Å². The maximum Gasteiger partial charge on any atom is 0.109 e. The Balaban J connectivity index is 2.76. The van der Waals surface area contributed by atoms with Crippen LogP contribution in [0.4, 0.5) is 0 Å². The van der Waals surface area contributed by atoms with Crippen LogP contribution in [0.25, 0.3) is 0 Å². The maximum atomic E-state index is 9.34. The van der Waals surface area contributed by atoms with Crippen LogP contribution in [-0.2, 0) is 4.74 Å². The van der Waals surface area contributed by atoms with Gasteiger partial charge in [-0.1, -0.05) is 13.8 Å². The van der Waals surface area contributed by atoms with Crippen molar-refractivity contribution in [3.63, 3.8) is 0 Å². The van der Waals surface area contributed by atoms with Gasteiger partial charge in [-0.2, -0.15) is 12.6 Å². The first-order chi connectivity index (χ1) is 6.07. The third-order valence-corrected chi connectivity index (χ3v) is 3.53. The highest BCUT2D eigenvalue weighted by Crippen LogP contribution is 2.41. The molecule has 1 unspecified atom stereocenters. The third kappa shape index (κ3) is 1.90. The normalized spacial score (nSPS) is 45.4. The molecular weight excluding hydrogens is 183 g/mol. The quantitative estimate of drug-likeness (QED) is 0.522. The summed E-state index contributed by atoms with van der Waals surface area (Å²) in [6, 6.07) is -0.248. The fraction of sp³-hybridized carbons (Fsp3) is 1.00. The Bertz CT molecular complexity index is 179. The minimum atomic E-state index is -0.458. The Labute approximate surface area is 86.9 Å². The molecule has 1 fully saturated rings. The van der Waals surface area contributed by atoms with E-state index >= 15 is 0 Å². The first kappa shape index (κ1) is 11.4. The molecule has 4 heteroatoms. The molecule has 1 heterocycles. The first-order valence-electron chi connectivity index (χ1n) is 4.72. The Kier molecular flexibility index (Phi) is 3.72. The van der Waals surface area contributed by atoms with Crippen molar-refractivity contribution in [2.75, 3.05) is 12.4 Å². The van der Waals surface area contributed by atoms with Gasteiger partial charge in [0.2, 0.25) is 0 Å². The van der Waals surface area contributed by atoms with Crippen molar-refractivity contribution in [1.82, 2.24) is 0 Å². The molecule has 2 nitrogen and oxygen atoms in total. The molecule has 1 saturated heterocycles. The van der Waals surface area contributed by atoms with Crippen LogP contribution in [-0.4, -0.2) is 36.9 Å². The van der Waals surface area contributed by atoms with Crippen molar-refractivity contribution in [1.29, 1.82) is 0 Å². The van der Waals surface area contributed by atoms with Gasteiger partial charge in [0, 0.05) is 6.00 Å². The molecule has 0 aromatic carbocycles. The number of hydrogen-bond acceptors (Lipinski definition) is 3. The number of thiol groups is 1. The second-order valence-corrected chi connectivity index (χ2v) is 4.37. The number of rotatable bonds is 3. The summed E-state index contributed by atoms with van der Waals surface area (Å²) in [4.78, 5) is 0. The Hall–Kier alpha value is 0.335. The van der Waals surface area contributed by atoms with E-state index in [0.29, 0.717) is 17.6 Å². The van der Waals surface area contributed by atoms with Gasteiger partial charge < -0.3 is 9.84 Å². The summed E-state index contributed by atoms with van der Waals surface area (Å²) in [5, 5.41) is 9.34. The lowest BCUT2D eigenvalue weighted by molar-refractivity contribution is -0.0700. The van der Waals surface area contributed by atoms with Gasteiger partial charge in [0.1, 0.15) is 7.85 Å². The van der Waals surface area contributed by atoms with Crippen LogP contribution in [0.2, 0.25) is 0 Å². The Morgan fingerprint density at radius 3 is 2.46 bits per heavy atom. The van der Waals surface area contributed by atoms with Crippen LogP contribution in [0.1, 0.15) is 20.3 Å². The smallest absolute Gasteiger partial charge is 0.109 e. The molecular formula is C9H17BO2S. The molecule has 0 aromatic rings. The molecule has 2 radical (unpaired) electrons. The fourth-order valence-corrected chi connectivity index (χ4v) is 2.36. The Morgan fingerprint density at radius 2 is 2.15 bits per heavy atom. The van der Waals surface area contributed by atoms with Gasteiger partial charge in [0.15, 0.2) is 0 Å². The van der Waals surface area contributed by atoms with Crippen LogP contribution >= 0.6 is 12.6 Å². The largest absolute Gasteiger partial charge is 0.393 e. The van der Waals surface area contributed by atoms with Crippen LogP contribution in [0, 0.1) is 11.8 Å². The highest BCUT2D eigenvalue weighted by Gasteiger charge is 2.47. The highest BCUT2D eigenvalue weighted by molar-refractivity contribution is 7.80. The van der Waals surface area contributed by atoms with E-state index in [0.717, 1.165) is 6.42 Å². The van der Waals surface area contributed by atoms with Crippen molar-refractivity contribution >= 4 is 20.5 Å². The van der Waals surface area contributed by atoms with Crippen LogP contribution in [0.3, 0.4) is 0 Å². The second kappa shape index (κ2) is 4.24. The van der Waals surface area contributed by atoms with E-state index in [4.69, 9.17) is 12.6 Å². The highest BCUT2D eigenvalue weighted by atomic mass is 32.1. The van der Waals surface area contributed by atoms with E-state index in [2.05, 4.69) is 26.5 Å². The molecule has 1 aliphatic rings. The average Bonchev–Trinajstić information content (AvgIpc) is 2.32. The SMILES string of the molecule is [B][C@@H]1O[C@@](CO)(CCS)[C@H](C)C1C. The number of hydrogen-bond donors (Lipinski definition) is 2. The molecule has 74 valence electrons. The number of aliphatic hydroxyl groups excluding tert-OH is 1. The zero-order chi connectivity index (χ0) is 10.1. The van der Waals surface area contributed by atoms with E-state index in [1.165, 1.54) is 0 Å². The van der Waals surface area contributed by atoms with Gasteiger partial charge >= 0.3 is 0 Å². The lowest BCUT2D eigenvalue weighted by Crippen LogP contribution is -2.40. The molecule has 0 aromatic heterocycles. The van der Waals surface area contributed by atoms with E-state index in [1.54, 1.807) is 0 Å². The lowest BCUT2D eigenvalue weighted by atomic mass is 9.77. The molecule has 0 aliphatic carbocycles. The van der Waals surface area contributed by atoms with Crippen molar-refractivity contribution in [2.45, 2.75) is 31.9 Å². The van der Waals surface area contributed by atoms with Gasteiger partial charge in [-0.25, -0.2) is 0 Å². The summed E-state index contributed by atoms with van der Waals surface area (Å²) in [6.07, 6.45) is 0.756. The van der Waals surface area contributed by atoms with Crippen molar-refractivity contribution < 1.29 is 9.84 Å². The van der Waals surface area contributed by atoms with Gasteiger partial charge in [0.25, 0.3) is 0 Å². The summed E-state index contributed by atoms with van der Waals surface area (Å²) in [7, 11) is 5.79. The molecule has 4 atom stereocenters. The van der Waals surface area contributed by atoms with Gasteiger partial charge in [0.05, 0.1) is 12.2 Å². The number of ether oxygens (including phenoxy) is 1. The van der Waals surface area contributed by atoms with Gasteiger partial charge in [-0.05, 0) is 24.0 Å². The van der Waals surface area contributed by atoms with E-state index in [-0.39, 0.29) is 12.6 Å². The Morgan fingerprint density at radius 1 is 1.54 bits per heavy atom. The summed E-state index contributed by atoms with van der Waals surface area (Å²) >= 11 is 4.17. The molecule has 1 rings (SSSR count). The molecule has 1 aliphatic heterocycles. The van der Waals surface area contributed by atoms with E-state index in [1.807, 2.05) is 0 Å². The van der Waals surface area contributed by atoms with Crippen molar-refractivity contribution in [3.8, 4) is 0 Å². The summed E-state index contributed by atoms with van der Waals surface area (Å²) in [5.41, 5.74) is -0.458. The third-order valence-electron chi connectivity index (χ3n) is 3.31. The summed E-state index contributed by atoms with van der Waals surface area (Å²) in [5.74, 6) is 1.30. The maximum absolute atomic E-state index is 9.34. The molecule has 13 heavy (non-hydrogen) atoms. The molecule has 1 N–H and O–H groups in total. The van der Waals surface area contributed by atoms with Gasteiger partial charge in [-0.3, -0.25) is 0 Å². The average molecular weight is 200 g/mol. The fourth-order valence-electron chi connectivity index (χ4n) is 1.99. The van der Waals surface area contributed by atoms with Crippen LogP contribution in [0.5, 0.6) is 0 Å². The molecule has 0 saturated carbocycles. The second-order valence-electron chi connectivity index (χ2n) is 3.93. The lowest BCUT2D eigenvalue weighted by Gasteiger charge is -2.31. The monoisotopic (exact) mass is 200 g/mol. The zero-order valence-electron chi connectivity index (χ0n) is 8.23. The number of aliphatic hydroxyl groups is 1. The molecule has 0 bridgehead atoms. The molecule has 0 spiro atoms. The van der Waals surface area contributed by atoms with E-state index in [9.17, 15) is 5.11 Å². The summed E-state index contributed by atoms with van der Waals surface area (Å²) < 4.78 is 5.64. The van der Waals surface area contributed by atoms with Crippen LogP contribution < -0.4 is 0 Å². The van der Waals surface area contributed by atoms with Crippen molar-refractivity contribution in [2.24, 2.45) is 11.8 Å². The van der Waals surface area contributed by atoms with Crippen molar-refractivity contribution in [3.05, 3.63) is 0 Å². The summed E-state index contributed by atoms with van der Waals surface area (Å²) in [6.45, 7) is 4.18. The predicted molar refractivity (Wildman–Crippen MR) is 57.2 cm³/mol. The minimum Gasteiger partial charge on any atom is -0.393 e. The van der Waals surface area contributed by atoms with E-state index < -0.39 is 5.60 Å². The zero-order valence-corrected chi connectivity index (χ0v) is 9.13. The predicted octanol–water partition coefficient (Wildman–Crippen LogP) is 0.834. The minimum absolute atomic E-state index is 0.0345. The molecule has 0 amide bonds. The van der Waals surface area contributed by atoms with Gasteiger partial charge in [-0.15, -0.1) is 0 Å². The first-order valence-corrected chi connectivity index (χ1v) is 5.36. The standard InChI is InChI=1S/C9H17BO2S/c1-6-7(2)9(5-11,3-4-13)12-8(6)10/h6-8,11,13H,3-5H2,1-2H3/t6?,7-,8-,9-/m1/s1.